The number of aryl methyl sites for hydroxylation is 2. The minimum absolute atomic E-state index is 0.203. The fraction of sp³-hybridized carbons (Fsp3) is 0.447. The Bertz CT molecular complexity index is 1660. The first-order chi connectivity index (χ1) is 23.7. The Hall–Kier alpha value is -4.93. The molecule has 6 rings (SSSR count). The molecular weight excluding hydrogens is 620 g/mol. The molecule has 1 aliphatic carbocycles. The lowest BCUT2D eigenvalue weighted by molar-refractivity contribution is -0.138. The Kier molecular flexibility index (Phi) is 10.5. The molecule has 5 N–H and O–H groups in total. The number of pyridine rings is 1. The van der Waals surface area contributed by atoms with E-state index in [1.165, 1.54) is 0 Å². The molecule has 3 atom stereocenters. The molecule has 49 heavy (non-hydrogen) atoms. The highest BCUT2D eigenvalue weighted by Crippen LogP contribution is 2.48. The first-order valence-electron chi connectivity index (χ1n) is 17.3. The molecule has 2 fully saturated rings. The summed E-state index contributed by atoms with van der Waals surface area (Å²) in [6.45, 7) is 3.90. The zero-order chi connectivity index (χ0) is 34.4. The van der Waals surface area contributed by atoms with Gasteiger partial charge in [-0.1, -0.05) is 18.2 Å². The second-order valence-corrected chi connectivity index (χ2v) is 13.7. The number of nitrogen functional groups attached to an aromatic ring is 1. The summed E-state index contributed by atoms with van der Waals surface area (Å²) in [6, 6.07) is 14.7. The van der Waals surface area contributed by atoms with Crippen LogP contribution in [0, 0.1) is 12.8 Å². The number of benzene rings is 2. The van der Waals surface area contributed by atoms with Crippen molar-refractivity contribution in [3.63, 3.8) is 0 Å². The van der Waals surface area contributed by atoms with Gasteiger partial charge in [-0.3, -0.25) is 24.2 Å². The summed E-state index contributed by atoms with van der Waals surface area (Å²) < 4.78 is 6.12. The first-order valence-corrected chi connectivity index (χ1v) is 17.3. The molecule has 3 aliphatic rings. The number of ether oxygens (including phenoxy) is 1. The quantitative estimate of drug-likeness (QED) is 0.294. The molecule has 11 nitrogen and oxygen atoms in total. The Morgan fingerprint density at radius 2 is 1.82 bits per heavy atom. The number of carbonyl (C=O) groups is 4. The zero-order valence-corrected chi connectivity index (χ0v) is 28.1. The number of amides is 4. The molecule has 1 saturated carbocycles. The van der Waals surface area contributed by atoms with Crippen LogP contribution in [0.1, 0.15) is 67.2 Å². The van der Waals surface area contributed by atoms with Gasteiger partial charge in [0.2, 0.25) is 23.6 Å². The molecule has 4 amide bonds. The average molecular weight is 667 g/mol. The molecule has 4 bridgehead atoms. The van der Waals surface area contributed by atoms with E-state index in [1.54, 1.807) is 29.4 Å². The molecule has 1 saturated heterocycles. The number of nitrogens with zero attached hydrogens (tertiary/aromatic N) is 2. The summed E-state index contributed by atoms with van der Waals surface area (Å²) in [7, 11) is 0. The van der Waals surface area contributed by atoms with Crippen molar-refractivity contribution in [2.24, 2.45) is 5.92 Å². The van der Waals surface area contributed by atoms with Gasteiger partial charge in [-0.15, -0.1) is 0 Å². The van der Waals surface area contributed by atoms with Crippen LogP contribution in [0.5, 0.6) is 5.75 Å². The van der Waals surface area contributed by atoms with Gasteiger partial charge in [0.25, 0.3) is 0 Å². The highest BCUT2D eigenvalue weighted by atomic mass is 16.5. The Morgan fingerprint density at radius 3 is 2.57 bits per heavy atom. The van der Waals surface area contributed by atoms with Gasteiger partial charge >= 0.3 is 0 Å². The van der Waals surface area contributed by atoms with Crippen LogP contribution in [0.15, 0.2) is 67.0 Å². The first kappa shape index (κ1) is 34.0. The summed E-state index contributed by atoms with van der Waals surface area (Å²) >= 11 is 0. The van der Waals surface area contributed by atoms with Crippen molar-refractivity contribution in [3.8, 4) is 5.75 Å². The zero-order valence-electron chi connectivity index (χ0n) is 28.1. The molecule has 0 radical (unpaired) electrons. The van der Waals surface area contributed by atoms with Crippen molar-refractivity contribution in [2.45, 2.75) is 82.3 Å². The van der Waals surface area contributed by atoms with E-state index in [0.717, 1.165) is 47.3 Å². The normalized spacial score (nSPS) is 22.8. The van der Waals surface area contributed by atoms with Gasteiger partial charge in [0.15, 0.2) is 0 Å². The van der Waals surface area contributed by atoms with Gasteiger partial charge in [0.1, 0.15) is 17.8 Å². The van der Waals surface area contributed by atoms with Crippen LogP contribution in [0.25, 0.3) is 0 Å². The fourth-order valence-electron chi connectivity index (χ4n) is 6.89. The maximum atomic E-state index is 14.1. The number of hydrogen-bond donors (Lipinski definition) is 4. The topological polar surface area (TPSA) is 156 Å². The van der Waals surface area contributed by atoms with Crippen molar-refractivity contribution in [1.82, 2.24) is 25.8 Å². The number of nitrogens with one attached hydrogen (secondary N) is 3. The lowest BCUT2D eigenvalue weighted by atomic mass is 9.93. The summed E-state index contributed by atoms with van der Waals surface area (Å²) in [5, 5.41) is 8.87. The van der Waals surface area contributed by atoms with E-state index >= 15 is 0 Å². The van der Waals surface area contributed by atoms with E-state index in [4.69, 9.17) is 10.5 Å². The number of aromatic nitrogens is 1. The van der Waals surface area contributed by atoms with Crippen LogP contribution in [0.4, 0.5) is 5.69 Å². The van der Waals surface area contributed by atoms with Gasteiger partial charge in [-0.05, 0) is 116 Å². The van der Waals surface area contributed by atoms with Crippen molar-refractivity contribution in [2.75, 3.05) is 25.4 Å². The number of carbonyl (C=O) groups excluding carboxylic acids is 4. The molecule has 3 heterocycles. The SMILES string of the molecule is Cc1ccc2cc1CNC(=O)C(CCc1ccncc1)NC(=O)[C@@H](NC(=O)C1(c3ccc(N)cc3)CC1)CC(=O)N1CCCC(CCO2)C1. The molecule has 2 aliphatic heterocycles. The summed E-state index contributed by atoms with van der Waals surface area (Å²) in [4.78, 5) is 61.5. The minimum atomic E-state index is -1.16. The second-order valence-electron chi connectivity index (χ2n) is 13.7. The minimum Gasteiger partial charge on any atom is -0.494 e. The van der Waals surface area contributed by atoms with Crippen LogP contribution < -0.4 is 26.4 Å². The number of nitrogens with two attached hydrogens (primary N) is 1. The molecule has 1 aromatic heterocycles. The molecule has 3 aromatic rings. The lowest BCUT2D eigenvalue weighted by Crippen LogP contribution is -2.56. The Balaban J connectivity index is 1.27. The van der Waals surface area contributed by atoms with Gasteiger partial charge < -0.3 is 31.3 Å². The van der Waals surface area contributed by atoms with E-state index < -0.39 is 23.4 Å². The summed E-state index contributed by atoms with van der Waals surface area (Å²) in [6.07, 6.45) is 7.86. The molecule has 2 aromatic carbocycles. The van der Waals surface area contributed by atoms with Crippen molar-refractivity contribution in [1.29, 1.82) is 0 Å². The van der Waals surface area contributed by atoms with Gasteiger partial charge in [-0.25, -0.2) is 0 Å². The predicted molar refractivity (Wildman–Crippen MR) is 185 cm³/mol. The molecule has 258 valence electrons. The summed E-state index contributed by atoms with van der Waals surface area (Å²) in [5.74, 6) is -0.440. The third-order valence-electron chi connectivity index (χ3n) is 10.2. The lowest BCUT2D eigenvalue weighted by Gasteiger charge is -2.34. The van der Waals surface area contributed by atoms with E-state index in [2.05, 4.69) is 20.9 Å². The van der Waals surface area contributed by atoms with Crippen LogP contribution >= 0.6 is 0 Å². The second kappa shape index (κ2) is 15.1. The Morgan fingerprint density at radius 1 is 1.04 bits per heavy atom. The van der Waals surface area contributed by atoms with Crippen LogP contribution in [-0.2, 0) is 37.6 Å². The smallest absolute Gasteiger partial charge is 0.243 e. The van der Waals surface area contributed by atoms with E-state index in [0.29, 0.717) is 51.1 Å². The van der Waals surface area contributed by atoms with Crippen molar-refractivity contribution in [3.05, 3.63) is 89.2 Å². The highest BCUT2D eigenvalue weighted by molar-refractivity contribution is 5.98. The molecule has 0 spiro atoms. The average Bonchev–Trinajstić information content (AvgIpc) is 3.92. The largest absolute Gasteiger partial charge is 0.494 e. The van der Waals surface area contributed by atoms with Crippen molar-refractivity contribution >= 4 is 29.3 Å². The van der Waals surface area contributed by atoms with E-state index in [9.17, 15) is 19.2 Å². The molecule has 2 unspecified atom stereocenters. The number of anilines is 1. The third-order valence-corrected chi connectivity index (χ3v) is 10.2. The van der Waals surface area contributed by atoms with Crippen LogP contribution in [-0.4, -0.2) is 65.3 Å². The number of rotatable bonds is 6. The monoisotopic (exact) mass is 666 g/mol. The fourth-order valence-corrected chi connectivity index (χ4v) is 6.89. The number of hydrogen-bond acceptors (Lipinski definition) is 7. The number of fused-ring (bicyclic) bond motifs is 4. The van der Waals surface area contributed by atoms with E-state index in [1.807, 2.05) is 49.4 Å². The molecular formula is C38H46N6O5. The third kappa shape index (κ3) is 8.39. The maximum absolute atomic E-state index is 14.1. The number of piperidine rings is 1. The van der Waals surface area contributed by atoms with Gasteiger partial charge in [0, 0.05) is 37.7 Å². The standard InChI is InChI=1S/C38H46N6O5/c1-25-4-10-31-21-28(25)23-41-35(46)32(11-5-26-12-17-40-18-13-26)42-36(47)33(22-34(45)44-19-2-3-27(24-44)14-20-49-31)43-37(48)38(15-16-38)29-6-8-30(39)9-7-29/h4,6-10,12-13,17-18,21,27,32-33H,2-3,5,11,14-16,19-20,22-24,39H2,1H3,(H,41,46)(H,42,47)(H,43,48)/t27?,32?,33-/m0/s1. The van der Waals surface area contributed by atoms with Crippen LogP contribution in [0.3, 0.4) is 0 Å². The van der Waals surface area contributed by atoms with Gasteiger partial charge in [-0.2, -0.15) is 0 Å². The molecule has 11 heteroatoms. The van der Waals surface area contributed by atoms with Crippen LogP contribution in [0.2, 0.25) is 0 Å². The van der Waals surface area contributed by atoms with E-state index in [-0.39, 0.29) is 36.6 Å². The van der Waals surface area contributed by atoms with Gasteiger partial charge in [0.05, 0.1) is 18.4 Å². The van der Waals surface area contributed by atoms with Crippen molar-refractivity contribution < 1.29 is 23.9 Å². The predicted octanol–water partition coefficient (Wildman–Crippen LogP) is 3.33. The highest BCUT2D eigenvalue weighted by Gasteiger charge is 2.52. The summed E-state index contributed by atoms with van der Waals surface area (Å²) in [5.41, 5.74) is 9.43. The Labute approximate surface area is 287 Å². The maximum Gasteiger partial charge on any atom is 0.243 e.